The molecule has 66 heavy (non-hydrogen) atoms. The predicted molar refractivity (Wildman–Crippen MR) is 282 cm³/mol. The summed E-state index contributed by atoms with van der Waals surface area (Å²) in [7, 11) is 0. The first-order valence-corrected chi connectivity index (χ1v) is 22.7. The lowest BCUT2D eigenvalue weighted by Crippen LogP contribution is -2.10. The molecule has 310 valence electrons. The maximum Gasteiger partial charge on any atom is 0.0468 e. The first-order chi connectivity index (χ1) is 32.7. The maximum absolute atomic E-state index is 2.43. The van der Waals surface area contributed by atoms with E-state index in [9.17, 15) is 0 Å². The second kappa shape index (κ2) is 16.8. The summed E-state index contributed by atoms with van der Waals surface area (Å²) in [4.78, 5) is 4.76. The van der Waals surface area contributed by atoms with Crippen molar-refractivity contribution in [2.24, 2.45) is 0 Å². The molecule has 0 aliphatic carbocycles. The normalized spacial score (nSPS) is 11.3. The molecule has 0 bridgehead atoms. The van der Waals surface area contributed by atoms with Crippen molar-refractivity contribution in [3.05, 3.63) is 267 Å². The van der Waals surface area contributed by atoms with Gasteiger partial charge in [-0.15, -0.1) is 0 Å². The zero-order chi connectivity index (χ0) is 43.8. The number of para-hydroxylation sites is 3. The van der Waals surface area contributed by atoms with Crippen molar-refractivity contribution in [3.63, 3.8) is 0 Å². The summed E-state index contributed by atoms with van der Waals surface area (Å²) in [6.45, 7) is 0. The van der Waals surface area contributed by atoms with Gasteiger partial charge in [-0.1, -0.05) is 182 Å². The lowest BCUT2D eigenvalue weighted by atomic mass is 9.84. The smallest absolute Gasteiger partial charge is 0.0468 e. The molecule has 0 amide bonds. The van der Waals surface area contributed by atoms with E-state index in [1.165, 1.54) is 76.5 Å². The Morgan fingerprint density at radius 3 is 0.924 bits per heavy atom. The van der Waals surface area contributed by atoms with Gasteiger partial charge in [0.2, 0.25) is 0 Å². The third-order valence-electron chi connectivity index (χ3n) is 13.0. The van der Waals surface area contributed by atoms with Crippen molar-refractivity contribution in [1.82, 2.24) is 0 Å². The topological polar surface area (TPSA) is 6.48 Å². The number of hydrogen-bond acceptors (Lipinski definition) is 2. The molecule has 2 nitrogen and oxygen atoms in total. The van der Waals surface area contributed by atoms with Gasteiger partial charge in [-0.25, -0.2) is 0 Å². The van der Waals surface area contributed by atoms with Crippen molar-refractivity contribution < 1.29 is 0 Å². The highest BCUT2D eigenvalue weighted by atomic mass is 15.1. The number of anilines is 6. The molecule has 2 heteroatoms. The Kier molecular flexibility index (Phi) is 9.89. The lowest BCUT2D eigenvalue weighted by molar-refractivity contribution is 1.29. The second-order valence-electron chi connectivity index (χ2n) is 16.9. The third-order valence-corrected chi connectivity index (χ3v) is 13.0. The minimum Gasteiger partial charge on any atom is -0.310 e. The zero-order valence-electron chi connectivity index (χ0n) is 36.3. The van der Waals surface area contributed by atoms with E-state index < -0.39 is 0 Å². The highest BCUT2D eigenvalue weighted by Gasteiger charge is 2.22. The Bertz CT molecular complexity index is 3640. The Labute approximate surface area is 385 Å². The number of hydrogen-bond donors (Lipinski definition) is 0. The van der Waals surface area contributed by atoms with E-state index in [4.69, 9.17) is 0 Å². The summed E-state index contributed by atoms with van der Waals surface area (Å²) in [6, 6.07) is 97.2. The molecule has 0 radical (unpaired) electrons. The summed E-state index contributed by atoms with van der Waals surface area (Å²) < 4.78 is 0. The number of benzene rings is 12. The summed E-state index contributed by atoms with van der Waals surface area (Å²) in [6.07, 6.45) is 0. The van der Waals surface area contributed by atoms with Crippen LogP contribution in [0.4, 0.5) is 34.1 Å². The van der Waals surface area contributed by atoms with Crippen molar-refractivity contribution in [2.45, 2.75) is 0 Å². The quantitative estimate of drug-likeness (QED) is 0.134. The number of nitrogens with zero attached hydrogens (tertiary/aromatic N) is 2. The first kappa shape index (κ1) is 38.9. The van der Waals surface area contributed by atoms with Gasteiger partial charge in [0.05, 0.1) is 0 Å². The van der Waals surface area contributed by atoms with E-state index in [2.05, 4.69) is 277 Å². The van der Waals surface area contributed by atoms with Crippen molar-refractivity contribution in [3.8, 4) is 33.4 Å². The average Bonchev–Trinajstić information content (AvgIpc) is 3.39. The zero-order valence-corrected chi connectivity index (χ0v) is 36.3. The van der Waals surface area contributed by atoms with E-state index in [1.54, 1.807) is 0 Å². The molecule has 12 aromatic carbocycles. The molecule has 0 saturated carbocycles. The highest BCUT2D eigenvalue weighted by molar-refractivity contribution is 6.23. The minimum absolute atomic E-state index is 1.09. The van der Waals surface area contributed by atoms with Crippen LogP contribution in [0.25, 0.3) is 76.5 Å². The van der Waals surface area contributed by atoms with Gasteiger partial charge in [0.1, 0.15) is 0 Å². The van der Waals surface area contributed by atoms with Gasteiger partial charge in [-0.05, 0) is 161 Å². The van der Waals surface area contributed by atoms with Crippen LogP contribution in [0.3, 0.4) is 0 Å². The van der Waals surface area contributed by atoms with E-state index in [0.29, 0.717) is 0 Å². The highest BCUT2D eigenvalue weighted by Crippen LogP contribution is 2.49. The van der Waals surface area contributed by atoms with Crippen LogP contribution in [0.1, 0.15) is 0 Å². The Morgan fingerprint density at radius 1 is 0.182 bits per heavy atom. The third kappa shape index (κ3) is 7.12. The van der Waals surface area contributed by atoms with Gasteiger partial charge >= 0.3 is 0 Å². The lowest BCUT2D eigenvalue weighted by Gasteiger charge is -2.28. The van der Waals surface area contributed by atoms with Crippen LogP contribution in [0.5, 0.6) is 0 Å². The molecule has 0 aromatic heterocycles. The van der Waals surface area contributed by atoms with Gasteiger partial charge in [0, 0.05) is 34.1 Å². The van der Waals surface area contributed by atoms with Crippen LogP contribution in [-0.2, 0) is 0 Å². The molecule has 12 rings (SSSR count). The molecule has 0 aliphatic rings. The molecule has 0 aliphatic heterocycles. The summed E-state index contributed by atoms with van der Waals surface area (Å²) in [5.74, 6) is 0. The van der Waals surface area contributed by atoms with Crippen LogP contribution in [0.2, 0.25) is 0 Å². The molecule has 0 atom stereocenters. The van der Waals surface area contributed by atoms with Crippen LogP contribution < -0.4 is 9.80 Å². The van der Waals surface area contributed by atoms with Gasteiger partial charge in [-0.2, -0.15) is 0 Å². The predicted octanol–water partition coefficient (Wildman–Crippen LogP) is 18.2. The fourth-order valence-corrected chi connectivity index (χ4v) is 9.85. The van der Waals surface area contributed by atoms with Gasteiger partial charge < -0.3 is 9.80 Å². The fourth-order valence-electron chi connectivity index (χ4n) is 9.85. The van der Waals surface area contributed by atoms with Crippen molar-refractivity contribution >= 4 is 77.2 Å². The van der Waals surface area contributed by atoms with Crippen molar-refractivity contribution in [1.29, 1.82) is 0 Å². The van der Waals surface area contributed by atoms with Crippen LogP contribution >= 0.6 is 0 Å². The van der Waals surface area contributed by atoms with Crippen LogP contribution in [0, 0.1) is 0 Å². The van der Waals surface area contributed by atoms with Gasteiger partial charge in [0.15, 0.2) is 0 Å². The molecular weight excluding hydrogens is 797 g/mol. The maximum atomic E-state index is 2.43. The van der Waals surface area contributed by atoms with Gasteiger partial charge in [-0.3, -0.25) is 0 Å². The van der Waals surface area contributed by atoms with E-state index in [0.717, 1.165) is 34.1 Å². The summed E-state index contributed by atoms with van der Waals surface area (Å²) in [5.41, 5.74) is 13.8. The number of fused-ring (bicyclic) bond motifs is 4. The molecule has 0 spiro atoms. The summed E-state index contributed by atoms with van der Waals surface area (Å²) >= 11 is 0. The standard InChI is InChI=1S/C64H44N2/c1-5-17-45(18-6-1)48-33-35-56(36-34-48)66(55-27-11-4-12-28-55)58-38-40-60-62(44-58)64(52-32-30-47-20-14-16-22-50(47)42-52)59-39-37-57(65(53-23-7-2-8-24-53)54-25-9-3-10-26-54)43-61(59)63(60)51-31-29-46-19-13-15-21-49(46)41-51/h1-44H. The molecule has 0 N–H and O–H groups in total. The minimum atomic E-state index is 1.09. The van der Waals surface area contributed by atoms with Crippen LogP contribution in [-0.4, -0.2) is 0 Å². The van der Waals surface area contributed by atoms with Crippen molar-refractivity contribution in [2.75, 3.05) is 9.80 Å². The van der Waals surface area contributed by atoms with E-state index in [-0.39, 0.29) is 0 Å². The van der Waals surface area contributed by atoms with Crippen LogP contribution in [0.15, 0.2) is 267 Å². The summed E-state index contributed by atoms with van der Waals surface area (Å²) in [5, 5.41) is 9.65. The molecule has 0 fully saturated rings. The SMILES string of the molecule is c1ccc(-c2ccc(N(c3ccccc3)c3ccc4c(-c5ccc6ccccc6c5)c5cc(N(c6ccccc6)c6ccccc6)ccc5c(-c5ccc6ccccc6c5)c4c3)cc2)cc1. The van der Waals surface area contributed by atoms with E-state index >= 15 is 0 Å². The monoisotopic (exact) mass is 840 g/mol. The molecule has 0 unspecified atom stereocenters. The number of rotatable bonds is 9. The Balaban J connectivity index is 1.16. The largest absolute Gasteiger partial charge is 0.310 e. The molecule has 0 heterocycles. The molecular formula is C64H44N2. The van der Waals surface area contributed by atoms with E-state index in [1.807, 2.05) is 0 Å². The Morgan fingerprint density at radius 2 is 0.500 bits per heavy atom. The average molecular weight is 841 g/mol. The molecule has 0 saturated heterocycles. The fraction of sp³-hybridized carbons (Fsp3) is 0. The second-order valence-corrected chi connectivity index (χ2v) is 16.9. The molecule has 12 aromatic rings. The van der Waals surface area contributed by atoms with Gasteiger partial charge in [0.25, 0.3) is 0 Å². The Hall–Kier alpha value is -8.72. The first-order valence-electron chi connectivity index (χ1n) is 22.7.